The molecule has 0 unspecified atom stereocenters. The number of hydrogen-bond acceptors (Lipinski definition) is 3. The van der Waals surface area contributed by atoms with Crippen LogP contribution in [-0.4, -0.2) is 5.78 Å². The molecule has 0 spiro atoms. The first-order valence-electron chi connectivity index (χ1n) is 7.73. The van der Waals surface area contributed by atoms with Gasteiger partial charge in [0, 0.05) is 5.56 Å². The van der Waals surface area contributed by atoms with Gasteiger partial charge in [-0.05, 0) is 36.4 Å². The maximum Gasteiger partial charge on any atom is 0.416 e. The summed E-state index contributed by atoms with van der Waals surface area (Å²) in [5.41, 5.74) is 0.601. The SMILES string of the molecule is O=C(c1ccc(C(F)(F)F)cc1)c1ccccc1N=Nc1ccccc1. The Morgan fingerprint density at radius 1 is 0.731 bits per heavy atom. The molecule has 3 aromatic carbocycles. The van der Waals surface area contributed by atoms with Gasteiger partial charge in [0.1, 0.15) is 0 Å². The summed E-state index contributed by atoms with van der Waals surface area (Å²) in [5.74, 6) is -0.415. The van der Waals surface area contributed by atoms with Crippen LogP contribution in [0, 0.1) is 0 Å². The Balaban J connectivity index is 1.90. The smallest absolute Gasteiger partial charge is 0.289 e. The summed E-state index contributed by atoms with van der Waals surface area (Å²) in [7, 11) is 0. The van der Waals surface area contributed by atoms with Crippen molar-refractivity contribution < 1.29 is 18.0 Å². The van der Waals surface area contributed by atoms with E-state index in [1.165, 1.54) is 0 Å². The van der Waals surface area contributed by atoms with Gasteiger partial charge in [-0.1, -0.05) is 42.5 Å². The molecule has 26 heavy (non-hydrogen) atoms. The van der Waals surface area contributed by atoms with Crippen LogP contribution in [0.3, 0.4) is 0 Å². The summed E-state index contributed by atoms with van der Waals surface area (Å²) in [5, 5.41) is 8.19. The molecule has 0 N–H and O–H groups in total. The van der Waals surface area contributed by atoms with E-state index in [2.05, 4.69) is 10.2 Å². The largest absolute Gasteiger partial charge is 0.416 e. The predicted octanol–water partition coefficient (Wildman–Crippen LogP) is 6.35. The summed E-state index contributed by atoms with van der Waals surface area (Å²) in [6.07, 6.45) is -4.44. The average molecular weight is 354 g/mol. The summed E-state index contributed by atoms with van der Waals surface area (Å²) < 4.78 is 38.0. The molecule has 3 nitrogen and oxygen atoms in total. The molecule has 0 bridgehead atoms. The highest BCUT2D eigenvalue weighted by Crippen LogP contribution is 2.30. The van der Waals surface area contributed by atoms with Crippen molar-refractivity contribution in [2.75, 3.05) is 0 Å². The molecule has 0 fully saturated rings. The first-order valence-corrected chi connectivity index (χ1v) is 7.73. The Kier molecular flexibility index (Phi) is 4.93. The predicted molar refractivity (Wildman–Crippen MR) is 91.9 cm³/mol. The Bertz CT molecular complexity index is 933. The van der Waals surface area contributed by atoms with Crippen LogP contribution in [0.1, 0.15) is 21.5 Å². The van der Waals surface area contributed by atoms with E-state index in [1.54, 1.807) is 36.4 Å². The monoisotopic (exact) mass is 354 g/mol. The second-order valence-electron chi connectivity index (χ2n) is 5.46. The van der Waals surface area contributed by atoms with Gasteiger partial charge < -0.3 is 0 Å². The topological polar surface area (TPSA) is 41.8 Å². The number of halogens is 3. The summed E-state index contributed by atoms with van der Waals surface area (Å²) in [6.45, 7) is 0. The molecule has 0 saturated carbocycles. The van der Waals surface area contributed by atoms with Crippen LogP contribution in [0.2, 0.25) is 0 Å². The summed E-state index contributed by atoms with van der Waals surface area (Å²) in [6, 6.07) is 19.7. The zero-order valence-electron chi connectivity index (χ0n) is 13.4. The number of rotatable bonds is 4. The normalized spacial score (nSPS) is 11.7. The number of ketones is 1. The van der Waals surface area contributed by atoms with Gasteiger partial charge in [0.2, 0.25) is 0 Å². The van der Waals surface area contributed by atoms with Crippen LogP contribution in [0.15, 0.2) is 89.1 Å². The number of alkyl halides is 3. The molecule has 0 radical (unpaired) electrons. The lowest BCUT2D eigenvalue weighted by Gasteiger charge is -2.08. The third kappa shape index (κ3) is 4.03. The standard InChI is InChI=1S/C20H13F3N2O/c21-20(22,23)15-12-10-14(11-13-15)19(26)17-8-4-5-9-18(17)25-24-16-6-2-1-3-7-16/h1-13H. The van der Waals surface area contributed by atoms with Crippen molar-refractivity contribution in [2.45, 2.75) is 6.18 Å². The molecule has 0 atom stereocenters. The summed E-state index contributed by atoms with van der Waals surface area (Å²) >= 11 is 0. The van der Waals surface area contributed by atoms with Gasteiger partial charge in [0.15, 0.2) is 5.78 Å². The van der Waals surface area contributed by atoms with Gasteiger partial charge in [-0.15, -0.1) is 5.11 Å². The summed E-state index contributed by atoms with van der Waals surface area (Å²) in [4.78, 5) is 12.7. The Morgan fingerprint density at radius 3 is 2.00 bits per heavy atom. The molecule has 130 valence electrons. The van der Waals surface area contributed by atoms with Crippen molar-refractivity contribution in [2.24, 2.45) is 10.2 Å². The van der Waals surface area contributed by atoms with Crippen molar-refractivity contribution >= 4 is 17.2 Å². The van der Waals surface area contributed by atoms with Crippen molar-refractivity contribution in [1.82, 2.24) is 0 Å². The van der Waals surface area contributed by atoms with Crippen LogP contribution in [0.4, 0.5) is 24.5 Å². The molecule has 0 amide bonds. The second kappa shape index (κ2) is 7.31. The Labute approximate surface area is 147 Å². The zero-order valence-corrected chi connectivity index (χ0v) is 13.4. The number of azo groups is 1. The lowest BCUT2D eigenvalue weighted by atomic mass is 10.0. The fourth-order valence-corrected chi connectivity index (χ4v) is 2.33. The van der Waals surface area contributed by atoms with Crippen LogP contribution >= 0.6 is 0 Å². The van der Waals surface area contributed by atoms with E-state index in [0.717, 1.165) is 24.3 Å². The fourth-order valence-electron chi connectivity index (χ4n) is 2.33. The first kappa shape index (κ1) is 17.5. The van der Waals surface area contributed by atoms with Crippen molar-refractivity contribution in [1.29, 1.82) is 0 Å². The van der Waals surface area contributed by atoms with Crippen LogP contribution in [0.25, 0.3) is 0 Å². The molecule has 0 aliphatic rings. The molecular formula is C20H13F3N2O. The van der Waals surface area contributed by atoms with E-state index >= 15 is 0 Å². The minimum atomic E-state index is -4.44. The molecule has 0 saturated heterocycles. The highest BCUT2D eigenvalue weighted by molar-refractivity contribution is 6.11. The third-order valence-electron chi connectivity index (χ3n) is 3.65. The van der Waals surface area contributed by atoms with Gasteiger partial charge >= 0.3 is 6.18 Å². The lowest BCUT2D eigenvalue weighted by Crippen LogP contribution is -2.06. The first-order chi connectivity index (χ1) is 12.4. The van der Waals surface area contributed by atoms with E-state index in [9.17, 15) is 18.0 Å². The van der Waals surface area contributed by atoms with E-state index in [0.29, 0.717) is 11.4 Å². The molecule has 3 rings (SSSR count). The fraction of sp³-hybridized carbons (Fsp3) is 0.0500. The number of nitrogens with zero attached hydrogens (tertiary/aromatic N) is 2. The van der Waals surface area contributed by atoms with Crippen LogP contribution in [0.5, 0.6) is 0 Å². The quantitative estimate of drug-likeness (QED) is 0.397. The average Bonchev–Trinajstić information content (AvgIpc) is 2.66. The number of carbonyl (C=O) groups is 1. The minimum Gasteiger partial charge on any atom is -0.289 e. The third-order valence-corrected chi connectivity index (χ3v) is 3.65. The van der Waals surface area contributed by atoms with Gasteiger partial charge in [-0.3, -0.25) is 4.79 Å². The second-order valence-corrected chi connectivity index (χ2v) is 5.46. The molecule has 0 heterocycles. The van der Waals surface area contributed by atoms with E-state index in [4.69, 9.17) is 0 Å². The molecular weight excluding hydrogens is 341 g/mol. The van der Waals surface area contributed by atoms with Gasteiger partial charge in [0.05, 0.1) is 22.5 Å². The highest BCUT2D eigenvalue weighted by Gasteiger charge is 2.30. The van der Waals surface area contributed by atoms with Crippen LogP contribution < -0.4 is 0 Å². The highest BCUT2D eigenvalue weighted by atomic mass is 19.4. The lowest BCUT2D eigenvalue weighted by molar-refractivity contribution is -0.137. The van der Waals surface area contributed by atoms with Gasteiger partial charge in [-0.2, -0.15) is 18.3 Å². The number of benzene rings is 3. The van der Waals surface area contributed by atoms with Crippen LogP contribution in [-0.2, 0) is 6.18 Å². The van der Waals surface area contributed by atoms with Gasteiger partial charge in [0.25, 0.3) is 0 Å². The Hall–Kier alpha value is -3.28. The molecule has 0 aliphatic carbocycles. The maximum absolute atomic E-state index is 12.7. The van der Waals surface area contributed by atoms with E-state index < -0.39 is 17.5 Å². The maximum atomic E-state index is 12.7. The molecule has 6 heteroatoms. The number of carbonyl (C=O) groups excluding carboxylic acids is 1. The number of hydrogen-bond donors (Lipinski definition) is 0. The Morgan fingerprint density at radius 2 is 1.35 bits per heavy atom. The zero-order chi connectivity index (χ0) is 18.6. The van der Waals surface area contributed by atoms with Gasteiger partial charge in [-0.25, -0.2) is 0 Å². The van der Waals surface area contributed by atoms with Crippen molar-refractivity contribution in [3.05, 3.63) is 95.6 Å². The van der Waals surface area contributed by atoms with Crippen molar-refractivity contribution in [3.8, 4) is 0 Å². The van der Waals surface area contributed by atoms with E-state index in [-0.39, 0.29) is 11.1 Å². The van der Waals surface area contributed by atoms with Crippen molar-refractivity contribution in [3.63, 3.8) is 0 Å². The molecule has 0 aliphatic heterocycles. The molecule has 0 aromatic heterocycles. The van der Waals surface area contributed by atoms with E-state index in [1.807, 2.05) is 18.2 Å². The minimum absolute atomic E-state index is 0.153. The molecule has 3 aromatic rings.